The number of fused-ring (bicyclic) bond motifs is 1. The zero-order valence-electron chi connectivity index (χ0n) is 22.7. The molecule has 0 aliphatic carbocycles. The van der Waals surface area contributed by atoms with Crippen molar-refractivity contribution in [2.24, 2.45) is 7.05 Å². The molecular weight excluding hydrogens is 513 g/mol. The van der Waals surface area contributed by atoms with Gasteiger partial charge in [0.1, 0.15) is 17.2 Å². The second kappa shape index (κ2) is 10.0. The molecule has 4 heterocycles. The van der Waals surface area contributed by atoms with Crippen molar-refractivity contribution in [3.8, 4) is 22.6 Å². The second-order valence-electron chi connectivity index (χ2n) is 10.9. The van der Waals surface area contributed by atoms with Gasteiger partial charge in [-0.25, -0.2) is 17.8 Å². The van der Waals surface area contributed by atoms with Gasteiger partial charge in [0, 0.05) is 43.6 Å². The summed E-state index contributed by atoms with van der Waals surface area (Å²) in [5.74, 6) is 0.495. The van der Waals surface area contributed by atoms with E-state index in [1.807, 2.05) is 36.7 Å². The van der Waals surface area contributed by atoms with Crippen LogP contribution in [-0.4, -0.2) is 66.3 Å². The van der Waals surface area contributed by atoms with Gasteiger partial charge in [-0.05, 0) is 88.2 Å². The van der Waals surface area contributed by atoms with Gasteiger partial charge in [-0.3, -0.25) is 4.98 Å². The Morgan fingerprint density at radius 3 is 2.21 bits per heavy atom. The number of pyridine rings is 1. The van der Waals surface area contributed by atoms with Gasteiger partial charge in [-0.2, -0.15) is 0 Å². The van der Waals surface area contributed by atoms with Crippen molar-refractivity contribution in [3.05, 3.63) is 60.0 Å². The number of imidazole rings is 1. The smallest absolute Gasteiger partial charge is 0.175 e. The molecule has 0 saturated carbocycles. The van der Waals surface area contributed by atoms with Crippen LogP contribution in [0.3, 0.4) is 0 Å². The third kappa shape index (κ3) is 4.94. The fraction of sp³-hybridized carbons (Fsp3) is 0.400. The second-order valence-corrected chi connectivity index (χ2v) is 12.9. The van der Waals surface area contributed by atoms with Crippen LogP contribution >= 0.6 is 0 Å². The summed E-state index contributed by atoms with van der Waals surface area (Å²) >= 11 is 0. The number of hydrogen-bond acceptors (Lipinski definition) is 6. The molecule has 2 aliphatic rings. The number of nitrogens with zero attached hydrogens (tertiary/aromatic N) is 5. The first-order valence-corrected chi connectivity index (χ1v) is 15.5. The molecule has 0 atom stereocenters. The predicted molar refractivity (Wildman–Crippen MR) is 153 cm³/mol. The number of piperidine rings is 1. The molecular formula is C30H34FN5O2S. The van der Waals surface area contributed by atoms with Crippen LogP contribution in [0.4, 0.5) is 10.1 Å². The van der Waals surface area contributed by atoms with E-state index in [4.69, 9.17) is 9.97 Å². The highest BCUT2D eigenvalue weighted by Gasteiger charge is 2.27. The van der Waals surface area contributed by atoms with E-state index in [2.05, 4.69) is 9.80 Å². The minimum atomic E-state index is -3.27. The fourth-order valence-corrected chi connectivity index (χ4v) is 6.73. The summed E-state index contributed by atoms with van der Waals surface area (Å²) in [7, 11) is -1.35. The number of halogens is 1. The molecule has 0 radical (unpaired) electrons. The lowest BCUT2D eigenvalue weighted by Gasteiger charge is -2.38. The molecule has 2 fully saturated rings. The van der Waals surface area contributed by atoms with Gasteiger partial charge >= 0.3 is 0 Å². The van der Waals surface area contributed by atoms with Crippen LogP contribution in [0.15, 0.2) is 53.4 Å². The zero-order chi connectivity index (χ0) is 27.3. The van der Waals surface area contributed by atoms with Crippen LogP contribution in [0.1, 0.15) is 31.4 Å². The van der Waals surface area contributed by atoms with E-state index in [-0.39, 0.29) is 10.7 Å². The molecule has 2 saturated heterocycles. The minimum Gasteiger partial charge on any atom is -0.369 e. The Morgan fingerprint density at radius 1 is 0.897 bits per heavy atom. The topological polar surface area (TPSA) is 71.3 Å². The number of aromatic nitrogens is 3. The maximum Gasteiger partial charge on any atom is 0.175 e. The number of anilines is 1. The first-order chi connectivity index (χ1) is 18.7. The van der Waals surface area contributed by atoms with Crippen LogP contribution in [-0.2, 0) is 16.9 Å². The van der Waals surface area contributed by atoms with E-state index >= 15 is 4.39 Å². The normalized spacial score (nSPS) is 17.4. The highest BCUT2D eigenvalue weighted by Crippen LogP contribution is 2.32. The molecule has 9 heteroatoms. The highest BCUT2D eigenvalue weighted by atomic mass is 32.2. The van der Waals surface area contributed by atoms with E-state index in [0.717, 1.165) is 53.8 Å². The Kier molecular flexibility index (Phi) is 6.67. The van der Waals surface area contributed by atoms with Crippen LogP contribution in [0, 0.1) is 12.7 Å². The molecule has 0 N–H and O–H groups in total. The summed E-state index contributed by atoms with van der Waals surface area (Å²) in [6.45, 7) is 6.08. The summed E-state index contributed by atoms with van der Waals surface area (Å²) in [5.41, 5.74) is 5.30. The number of sulfone groups is 1. The molecule has 0 unspecified atom stereocenters. The van der Waals surface area contributed by atoms with E-state index in [0.29, 0.717) is 23.2 Å². The molecule has 39 heavy (non-hydrogen) atoms. The van der Waals surface area contributed by atoms with Gasteiger partial charge < -0.3 is 14.4 Å². The predicted octanol–water partition coefficient (Wildman–Crippen LogP) is 5.22. The van der Waals surface area contributed by atoms with Crippen LogP contribution < -0.4 is 4.90 Å². The number of hydrogen-bond donors (Lipinski definition) is 0. The molecule has 0 spiro atoms. The first-order valence-electron chi connectivity index (χ1n) is 13.6. The molecule has 2 aromatic carbocycles. The largest absolute Gasteiger partial charge is 0.369 e. The SMILES string of the molecule is Cc1nc(-c2ccc(N3CCC(N4CCCC4)CC3)c(F)c2)cc2c1nc(-c1ccc(S(C)(=O)=O)cc1)n2C. The third-order valence-corrected chi connectivity index (χ3v) is 9.42. The van der Waals surface area contributed by atoms with Crippen molar-refractivity contribution in [1.29, 1.82) is 0 Å². The minimum absolute atomic E-state index is 0.219. The lowest BCUT2D eigenvalue weighted by Crippen LogP contribution is -2.44. The van der Waals surface area contributed by atoms with Crippen molar-refractivity contribution in [1.82, 2.24) is 19.4 Å². The number of rotatable bonds is 5. The molecule has 4 aromatic rings. The summed E-state index contributed by atoms with van der Waals surface area (Å²) in [6.07, 6.45) is 5.96. The van der Waals surface area contributed by atoms with Gasteiger partial charge in [-0.15, -0.1) is 0 Å². The van der Waals surface area contributed by atoms with Gasteiger partial charge in [-0.1, -0.05) is 6.07 Å². The number of likely N-dealkylation sites (tertiary alicyclic amines) is 1. The standard InChI is InChI=1S/C30H34FN5O2S/c1-20-29-28(34(2)30(33-29)21-6-9-24(10-7-21)39(3,37)38)19-26(32-20)22-8-11-27(25(31)18-22)36-16-12-23(13-17-36)35-14-4-5-15-35/h6-11,18-19,23H,4-5,12-17H2,1-3H3. The molecule has 204 valence electrons. The average Bonchev–Trinajstić information content (AvgIpc) is 3.57. The lowest BCUT2D eigenvalue weighted by atomic mass is 10.0. The van der Waals surface area contributed by atoms with Crippen molar-refractivity contribution in [2.45, 2.75) is 43.5 Å². The van der Waals surface area contributed by atoms with Gasteiger partial charge in [0.25, 0.3) is 0 Å². The lowest BCUT2D eigenvalue weighted by molar-refractivity contribution is 0.207. The number of aryl methyl sites for hydroxylation is 2. The Bertz CT molecular complexity index is 1630. The van der Waals surface area contributed by atoms with Gasteiger partial charge in [0.05, 0.1) is 27.5 Å². The number of benzene rings is 2. The van der Waals surface area contributed by atoms with Crippen molar-refractivity contribution < 1.29 is 12.8 Å². The maximum absolute atomic E-state index is 15.4. The molecule has 2 aromatic heterocycles. The molecule has 2 aliphatic heterocycles. The Balaban J connectivity index is 1.26. The van der Waals surface area contributed by atoms with E-state index in [1.165, 1.54) is 32.2 Å². The average molecular weight is 548 g/mol. The Morgan fingerprint density at radius 2 is 1.56 bits per heavy atom. The van der Waals surface area contributed by atoms with Gasteiger partial charge in [0.15, 0.2) is 9.84 Å². The maximum atomic E-state index is 15.4. The van der Waals surface area contributed by atoms with Crippen molar-refractivity contribution in [3.63, 3.8) is 0 Å². The summed E-state index contributed by atoms with van der Waals surface area (Å²) in [4.78, 5) is 14.6. The summed E-state index contributed by atoms with van der Waals surface area (Å²) < 4.78 is 41.1. The summed E-state index contributed by atoms with van der Waals surface area (Å²) in [5, 5.41) is 0. The fourth-order valence-electron chi connectivity index (χ4n) is 6.10. The molecule has 0 amide bonds. The van der Waals surface area contributed by atoms with Crippen LogP contribution in [0.5, 0.6) is 0 Å². The van der Waals surface area contributed by atoms with E-state index in [1.54, 1.807) is 30.3 Å². The van der Waals surface area contributed by atoms with E-state index < -0.39 is 9.84 Å². The van der Waals surface area contributed by atoms with Crippen LogP contribution in [0.2, 0.25) is 0 Å². The monoisotopic (exact) mass is 547 g/mol. The summed E-state index contributed by atoms with van der Waals surface area (Å²) in [6, 6.07) is 14.7. The quantitative estimate of drug-likeness (QED) is 0.341. The first kappa shape index (κ1) is 26.0. The van der Waals surface area contributed by atoms with Crippen molar-refractivity contribution >= 4 is 26.6 Å². The Labute approximate surface area is 229 Å². The van der Waals surface area contributed by atoms with E-state index in [9.17, 15) is 8.42 Å². The van der Waals surface area contributed by atoms with Crippen molar-refractivity contribution in [2.75, 3.05) is 37.3 Å². The van der Waals surface area contributed by atoms with Gasteiger partial charge in [0.2, 0.25) is 0 Å². The highest BCUT2D eigenvalue weighted by molar-refractivity contribution is 7.90. The molecule has 0 bridgehead atoms. The molecule has 7 nitrogen and oxygen atoms in total. The Hall–Kier alpha value is -3.30. The molecule has 6 rings (SSSR count). The van der Waals surface area contributed by atoms with Crippen LogP contribution in [0.25, 0.3) is 33.7 Å². The zero-order valence-corrected chi connectivity index (χ0v) is 23.5. The third-order valence-electron chi connectivity index (χ3n) is 8.29.